The van der Waals surface area contributed by atoms with Crippen molar-refractivity contribution < 1.29 is 13.0 Å². The van der Waals surface area contributed by atoms with Crippen LogP contribution in [0.4, 0.5) is 17.1 Å². The maximum atomic E-state index is 11.2. The molecular weight excluding hydrogens is 270 g/mol. The average molecular weight is 279 g/mol. The quantitative estimate of drug-likeness (QED) is 0.499. The molecule has 0 spiro atoms. The zero-order valence-electron chi connectivity index (χ0n) is 9.50. The van der Waals surface area contributed by atoms with E-state index in [0.29, 0.717) is 11.4 Å². The van der Waals surface area contributed by atoms with E-state index in [1.165, 1.54) is 30.6 Å². The Morgan fingerprint density at radius 2 is 1.95 bits per heavy atom. The molecule has 1 aromatic heterocycles. The maximum absolute atomic E-state index is 11.2. The molecule has 0 bridgehead atoms. The van der Waals surface area contributed by atoms with Crippen LogP contribution in [0.15, 0.2) is 51.8 Å². The normalized spacial score (nSPS) is 11.8. The number of benzene rings is 1. The smallest absolute Gasteiger partial charge is 0.296 e. The van der Waals surface area contributed by atoms with Crippen molar-refractivity contribution in [2.24, 2.45) is 10.2 Å². The van der Waals surface area contributed by atoms with Gasteiger partial charge in [0.2, 0.25) is 0 Å². The van der Waals surface area contributed by atoms with Crippen molar-refractivity contribution in [3.8, 4) is 0 Å². The number of nitrogens with zero attached hydrogens (tertiary/aromatic N) is 4. The molecule has 0 radical (unpaired) electrons. The molecule has 0 amide bonds. The van der Waals surface area contributed by atoms with Gasteiger partial charge in [-0.2, -0.15) is 18.6 Å². The van der Waals surface area contributed by atoms with Crippen LogP contribution in [0.1, 0.15) is 0 Å². The lowest BCUT2D eigenvalue weighted by atomic mass is 10.3. The Balaban J connectivity index is 2.45. The Labute approximate surface area is 108 Å². The summed E-state index contributed by atoms with van der Waals surface area (Å²) >= 11 is 0. The Kier molecular flexibility index (Phi) is 3.49. The van der Waals surface area contributed by atoms with E-state index in [-0.39, 0.29) is 10.6 Å². The molecule has 3 N–H and O–H groups in total. The van der Waals surface area contributed by atoms with Crippen LogP contribution >= 0.6 is 0 Å². The molecular formula is C10H9N5O3S. The summed E-state index contributed by atoms with van der Waals surface area (Å²) in [7, 11) is -4.39. The zero-order chi connectivity index (χ0) is 13.9. The second-order valence-electron chi connectivity index (χ2n) is 3.50. The summed E-state index contributed by atoms with van der Waals surface area (Å²) in [5.74, 6) is 0. The fourth-order valence-corrected chi connectivity index (χ4v) is 1.89. The largest absolute Gasteiger partial charge is 0.399 e. The second-order valence-corrected chi connectivity index (χ2v) is 4.89. The highest BCUT2D eigenvalue weighted by atomic mass is 32.2. The summed E-state index contributed by atoms with van der Waals surface area (Å²) in [4.78, 5) is -0.368. The highest BCUT2D eigenvalue weighted by Crippen LogP contribution is 2.28. The molecule has 0 atom stereocenters. The van der Waals surface area contributed by atoms with E-state index >= 15 is 0 Å². The van der Waals surface area contributed by atoms with Crippen LogP contribution in [-0.2, 0) is 10.1 Å². The van der Waals surface area contributed by atoms with Crippen molar-refractivity contribution in [3.05, 3.63) is 36.7 Å². The van der Waals surface area contributed by atoms with E-state index in [9.17, 15) is 8.42 Å². The molecule has 0 saturated heterocycles. The molecule has 0 aliphatic heterocycles. The molecule has 0 fully saturated rings. The van der Waals surface area contributed by atoms with Gasteiger partial charge in [0.15, 0.2) is 0 Å². The highest BCUT2D eigenvalue weighted by Gasteiger charge is 2.15. The molecule has 2 aromatic rings. The van der Waals surface area contributed by atoms with E-state index in [1.807, 2.05) is 0 Å². The number of nitrogens with two attached hydrogens (primary N) is 1. The molecule has 19 heavy (non-hydrogen) atoms. The number of nitrogen functional groups attached to an aromatic ring is 1. The summed E-state index contributed by atoms with van der Waals surface area (Å²) < 4.78 is 31.4. The van der Waals surface area contributed by atoms with Crippen molar-refractivity contribution >= 4 is 27.2 Å². The van der Waals surface area contributed by atoms with E-state index in [1.54, 1.807) is 0 Å². The van der Waals surface area contributed by atoms with Crippen molar-refractivity contribution in [1.29, 1.82) is 0 Å². The Morgan fingerprint density at radius 3 is 2.58 bits per heavy atom. The lowest BCUT2D eigenvalue weighted by molar-refractivity contribution is 0.483. The van der Waals surface area contributed by atoms with Crippen LogP contribution in [0, 0.1) is 0 Å². The van der Waals surface area contributed by atoms with Crippen LogP contribution in [0.2, 0.25) is 0 Å². The Hall–Kier alpha value is -2.39. The number of hydrogen-bond donors (Lipinski definition) is 2. The lowest BCUT2D eigenvalue weighted by Gasteiger charge is -2.02. The first-order valence-electron chi connectivity index (χ1n) is 5.02. The van der Waals surface area contributed by atoms with Crippen LogP contribution in [0.3, 0.4) is 0 Å². The van der Waals surface area contributed by atoms with Gasteiger partial charge in [-0.15, -0.1) is 10.2 Å². The summed E-state index contributed by atoms with van der Waals surface area (Å²) in [6, 6.07) is 5.33. The molecule has 1 heterocycles. The average Bonchev–Trinajstić information content (AvgIpc) is 2.36. The topological polar surface area (TPSA) is 131 Å². The highest BCUT2D eigenvalue weighted by molar-refractivity contribution is 7.86. The van der Waals surface area contributed by atoms with Gasteiger partial charge in [-0.1, -0.05) is 0 Å². The minimum absolute atomic E-state index is 0.0562. The van der Waals surface area contributed by atoms with Gasteiger partial charge in [-0.25, -0.2) is 0 Å². The third-order valence-electron chi connectivity index (χ3n) is 2.10. The summed E-state index contributed by atoms with van der Waals surface area (Å²) in [6.07, 6.45) is 2.76. The van der Waals surface area contributed by atoms with Crippen LogP contribution in [0.25, 0.3) is 0 Å². The standard InChI is InChI=1S/C10H9N5O3S/c11-7-1-2-10(19(16,17)18)9(5-7)15-14-8-3-4-12-13-6-8/h1-6H,11H2,(H,16,17,18). The molecule has 2 rings (SSSR count). The van der Waals surface area contributed by atoms with E-state index < -0.39 is 10.1 Å². The zero-order valence-corrected chi connectivity index (χ0v) is 10.3. The molecule has 0 saturated carbocycles. The lowest BCUT2D eigenvalue weighted by Crippen LogP contribution is -1.99. The molecule has 0 aliphatic rings. The van der Waals surface area contributed by atoms with Gasteiger partial charge in [-0.05, 0) is 24.3 Å². The Morgan fingerprint density at radius 1 is 1.16 bits per heavy atom. The first-order valence-corrected chi connectivity index (χ1v) is 6.46. The minimum Gasteiger partial charge on any atom is -0.399 e. The third kappa shape index (κ3) is 3.30. The van der Waals surface area contributed by atoms with Crippen LogP contribution < -0.4 is 5.73 Å². The maximum Gasteiger partial charge on any atom is 0.296 e. The van der Waals surface area contributed by atoms with Gasteiger partial charge in [-0.3, -0.25) is 4.55 Å². The molecule has 9 heteroatoms. The van der Waals surface area contributed by atoms with Gasteiger partial charge in [0.05, 0.1) is 12.4 Å². The summed E-state index contributed by atoms with van der Waals surface area (Å²) in [5, 5.41) is 14.7. The first-order chi connectivity index (χ1) is 8.97. The fourth-order valence-electron chi connectivity index (χ4n) is 1.29. The number of aromatic nitrogens is 2. The Bertz CT molecular complexity index is 715. The van der Waals surface area contributed by atoms with Crippen molar-refractivity contribution in [2.75, 3.05) is 5.73 Å². The number of anilines is 1. The fraction of sp³-hybridized carbons (Fsp3) is 0. The first kappa shape index (κ1) is 13.1. The van der Waals surface area contributed by atoms with Crippen molar-refractivity contribution in [3.63, 3.8) is 0 Å². The number of hydrogen-bond acceptors (Lipinski definition) is 7. The van der Waals surface area contributed by atoms with Gasteiger partial charge in [0, 0.05) is 5.69 Å². The van der Waals surface area contributed by atoms with Crippen molar-refractivity contribution in [1.82, 2.24) is 10.2 Å². The van der Waals surface area contributed by atoms with Gasteiger partial charge in [0.25, 0.3) is 10.1 Å². The van der Waals surface area contributed by atoms with E-state index in [0.717, 1.165) is 6.07 Å². The third-order valence-corrected chi connectivity index (χ3v) is 3.00. The van der Waals surface area contributed by atoms with Gasteiger partial charge in [0.1, 0.15) is 16.3 Å². The minimum atomic E-state index is -4.39. The predicted molar refractivity (Wildman–Crippen MR) is 66.9 cm³/mol. The molecule has 0 unspecified atom stereocenters. The molecule has 1 aromatic carbocycles. The summed E-state index contributed by atoms with van der Waals surface area (Å²) in [5.41, 5.74) is 6.17. The molecule has 0 aliphatic carbocycles. The van der Waals surface area contributed by atoms with E-state index in [2.05, 4.69) is 20.4 Å². The number of azo groups is 1. The summed E-state index contributed by atoms with van der Waals surface area (Å²) in [6.45, 7) is 0. The predicted octanol–water partition coefficient (Wildman–Crippen LogP) is 1.72. The molecule has 98 valence electrons. The van der Waals surface area contributed by atoms with Gasteiger partial charge >= 0.3 is 0 Å². The monoisotopic (exact) mass is 279 g/mol. The molecule has 8 nitrogen and oxygen atoms in total. The number of rotatable bonds is 3. The van der Waals surface area contributed by atoms with Gasteiger partial charge < -0.3 is 5.73 Å². The SMILES string of the molecule is Nc1ccc(S(=O)(=O)O)c(N=Nc2ccnnc2)c1. The van der Waals surface area contributed by atoms with Crippen molar-refractivity contribution in [2.45, 2.75) is 4.90 Å². The van der Waals surface area contributed by atoms with E-state index in [4.69, 9.17) is 10.3 Å². The second kappa shape index (κ2) is 5.08. The van der Waals surface area contributed by atoms with Crippen LogP contribution in [0.5, 0.6) is 0 Å². The van der Waals surface area contributed by atoms with Crippen LogP contribution in [-0.4, -0.2) is 23.2 Å².